The molecule has 0 aliphatic carbocycles. The second-order valence-electron chi connectivity index (χ2n) is 3.45. The summed E-state index contributed by atoms with van der Waals surface area (Å²) in [6, 6.07) is 2.02. The van der Waals surface area contributed by atoms with E-state index in [0.717, 1.165) is 15.9 Å². The second kappa shape index (κ2) is 3.70. The molecular formula is C11H13NO2S. The van der Waals surface area contributed by atoms with Crippen LogP contribution in [0.3, 0.4) is 0 Å². The van der Waals surface area contributed by atoms with Crippen LogP contribution in [0, 0.1) is 13.8 Å². The Morgan fingerprint density at radius 2 is 2.27 bits per heavy atom. The molecule has 0 aliphatic rings. The number of fused-ring (bicyclic) bond motifs is 1. The fraction of sp³-hybridized carbons (Fsp3) is 0.364. The first-order valence-electron chi connectivity index (χ1n) is 4.89. The average molecular weight is 223 g/mol. The van der Waals surface area contributed by atoms with Crippen molar-refractivity contribution in [1.29, 1.82) is 0 Å². The summed E-state index contributed by atoms with van der Waals surface area (Å²) in [6.45, 7) is 6.15. The van der Waals surface area contributed by atoms with Gasteiger partial charge in [-0.15, -0.1) is 11.3 Å². The lowest BCUT2D eigenvalue weighted by molar-refractivity contribution is 0.0528. The lowest BCUT2D eigenvalue weighted by Gasteiger charge is -2.00. The number of esters is 1. The van der Waals surface area contributed by atoms with E-state index in [1.165, 1.54) is 4.88 Å². The zero-order valence-electron chi connectivity index (χ0n) is 9.01. The van der Waals surface area contributed by atoms with Crippen LogP contribution in [-0.4, -0.2) is 17.6 Å². The predicted molar refractivity (Wildman–Crippen MR) is 61.6 cm³/mol. The monoisotopic (exact) mass is 223 g/mol. The Hall–Kier alpha value is -1.29. The highest BCUT2D eigenvalue weighted by Crippen LogP contribution is 2.30. The number of rotatable bonds is 2. The summed E-state index contributed by atoms with van der Waals surface area (Å²) in [7, 11) is 0. The van der Waals surface area contributed by atoms with Gasteiger partial charge < -0.3 is 9.72 Å². The van der Waals surface area contributed by atoms with E-state index in [9.17, 15) is 4.79 Å². The first kappa shape index (κ1) is 10.2. The summed E-state index contributed by atoms with van der Waals surface area (Å²) in [5.74, 6) is -0.237. The molecular weight excluding hydrogens is 210 g/mol. The Morgan fingerprint density at radius 3 is 2.93 bits per heavy atom. The molecule has 1 N–H and O–H groups in total. The van der Waals surface area contributed by atoms with Crippen molar-refractivity contribution < 1.29 is 9.53 Å². The molecule has 4 heteroatoms. The number of aromatic amines is 1. The summed E-state index contributed by atoms with van der Waals surface area (Å²) in [5.41, 5.74) is 1.56. The van der Waals surface area contributed by atoms with E-state index in [0.29, 0.717) is 12.2 Å². The molecule has 15 heavy (non-hydrogen) atoms. The quantitative estimate of drug-likeness (QED) is 0.795. The SMILES string of the molecule is CCOC(=O)c1c(C)[nH]c2sc(C)cc12. The van der Waals surface area contributed by atoms with Crippen molar-refractivity contribution in [3.8, 4) is 0 Å². The van der Waals surface area contributed by atoms with Crippen molar-refractivity contribution in [2.45, 2.75) is 20.8 Å². The number of ether oxygens (including phenoxy) is 1. The van der Waals surface area contributed by atoms with Gasteiger partial charge in [-0.25, -0.2) is 4.79 Å². The minimum absolute atomic E-state index is 0.237. The first-order valence-corrected chi connectivity index (χ1v) is 5.71. The number of H-pyrrole nitrogens is 1. The van der Waals surface area contributed by atoms with Gasteiger partial charge in [0, 0.05) is 16.0 Å². The van der Waals surface area contributed by atoms with Crippen molar-refractivity contribution >= 4 is 27.5 Å². The second-order valence-corrected chi connectivity index (χ2v) is 4.70. The highest BCUT2D eigenvalue weighted by molar-refractivity contribution is 7.18. The summed E-state index contributed by atoms with van der Waals surface area (Å²) in [5, 5.41) is 0.980. The zero-order chi connectivity index (χ0) is 11.0. The summed E-state index contributed by atoms with van der Waals surface area (Å²) in [6.07, 6.45) is 0. The number of nitrogens with one attached hydrogen (secondary N) is 1. The Labute approximate surface area is 92.1 Å². The number of hydrogen-bond acceptors (Lipinski definition) is 3. The Morgan fingerprint density at radius 1 is 1.53 bits per heavy atom. The third-order valence-electron chi connectivity index (χ3n) is 2.28. The normalized spacial score (nSPS) is 10.9. The zero-order valence-corrected chi connectivity index (χ0v) is 9.83. The van der Waals surface area contributed by atoms with Gasteiger partial charge in [-0.3, -0.25) is 0 Å². The molecule has 0 radical (unpaired) electrons. The lowest BCUT2D eigenvalue weighted by atomic mass is 10.2. The Kier molecular flexibility index (Phi) is 2.52. The van der Waals surface area contributed by atoms with Crippen molar-refractivity contribution in [3.63, 3.8) is 0 Å². The van der Waals surface area contributed by atoms with E-state index in [1.54, 1.807) is 11.3 Å². The van der Waals surface area contributed by atoms with E-state index in [2.05, 4.69) is 4.98 Å². The van der Waals surface area contributed by atoms with Crippen LogP contribution in [0.5, 0.6) is 0 Å². The van der Waals surface area contributed by atoms with Gasteiger partial charge in [0.25, 0.3) is 0 Å². The highest BCUT2D eigenvalue weighted by Gasteiger charge is 2.18. The van der Waals surface area contributed by atoms with Crippen LogP contribution >= 0.6 is 11.3 Å². The van der Waals surface area contributed by atoms with Gasteiger partial charge in [0.1, 0.15) is 4.83 Å². The number of hydrogen-bond donors (Lipinski definition) is 1. The Balaban J connectivity index is 2.56. The third-order valence-corrected chi connectivity index (χ3v) is 3.25. The van der Waals surface area contributed by atoms with Crippen LogP contribution in [-0.2, 0) is 4.74 Å². The van der Waals surface area contributed by atoms with Crippen LogP contribution in [0.25, 0.3) is 10.2 Å². The molecule has 0 bridgehead atoms. The number of aromatic nitrogens is 1. The molecule has 0 aliphatic heterocycles. The molecule has 0 amide bonds. The van der Waals surface area contributed by atoms with Crippen LogP contribution in [0.2, 0.25) is 0 Å². The molecule has 2 aromatic rings. The van der Waals surface area contributed by atoms with E-state index in [4.69, 9.17) is 4.74 Å². The molecule has 80 valence electrons. The number of carbonyl (C=O) groups excluding carboxylic acids is 1. The number of carbonyl (C=O) groups is 1. The van der Waals surface area contributed by atoms with Crippen LogP contribution in [0.4, 0.5) is 0 Å². The first-order chi connectivity index (χ1) is 7.13. The molecule has 3 nitrogen and oxygen atoms in total. The summed E-state index contributed by atoms with van der Waals surface area (Å²) in [4.78, 5) is 17.2. The molecule has 0 fully saturated rings. The summed E-state index contributed by atoms with van der Waals surface area (Å²) >= 11 is 1.66. The van der Waals surface area contributed by atoms with Gasteiger partial charge in [0.05, 0.1) is 12.2 Å². The molecule has 0 saturated carbocycles. The largest absolute Gasteiger partial charge is 0.462 e. The van der Waals surface area contributed by atoms with Crippen molar-refractivity contribution in [3.05, 3.63) is 22.2 Å². The smallest absolute Gasteiger partial charge is 0.340 e. The summed E-state index contributed by atoms with van der Waals surface area (Å²) < 4.78 is 5.03. The van der Waals surface area contributed by atoms with Gasteiger partial charge in [-0.2, -0.15) is 0 Å². The maximum Gasteiger partial charge on any atom is 0.340 e. The number of thiophene rings is 1. The van der Waals surface area contributed by atoms with Crippen LogP contribution in [0.15, 0.2) is 6.07 Å². The molecule has 0 aromatic carbocycles. The standard InChI is InChI=1S/C11H13NO2S/c1-4-14-11(13)9-7(3)12-10-8(9)5-6(2)15-10/h5,12H,4H2,1-3H3. The molecule has 2 heterocycles. The third kappa shape index (κ3) is 1.65. The van der Waals surface area contributed by atoms with Crippen molar-refractivity contribution in [2.75, 3.05) is 6.61 Å². The lowest BCUT2D eigenvalue weighted by Crippen LogP contribution is -2.05. The molecule has 0 spiro atoms. The highest BCUT2D eigenvalue weighted by atomic mass is 32.1. The molecule has 0 atom stereocenters. The van der Waals surface area contributed by atoms with Gasteiger partial charge in [0.15, 0.2) is 0 Å². The Bertz CT molecular complexity index is 510. The fourth-order valence-electron chi connectivity index (χ4n) is 1.69. The van der Waals surface area contributed by atoms with E-state index < -0.39 is 0 Å². The molecule has 0 saturated heterocycles. The van der Waals surface area contributed by atoms with Crippen molar-refractivity contribution in [2.24, 2.45) is 0 Å². The number of aryl methyl sites for hydroxylation is 2. The van der Waals surface area contributed by atoms with Gasteiger partial charge in [-0.05, 0) is 26.8 Å². The van der Waals surface area contributed by atoms with Gasteiger partial charge in [0.2, 0.25) is 0 Å². The minimum atomic E-state index is -0.237. The van der Waals surface area contributed by atoms with E-state index in [1.807, 2.05) is 26.8 Å². The average Bonchev–Trinajstić information content (AvgIpc) is 2.59. The molecule has 2 rings (SSSR count). The van der Waals surface area contributed by atoms with Crippen molar-refractivity contribution in [1.82, 2.24) is 4.98 Å². The maximum absolute atomic E-state index is 11.7. The topological polar surface area (TPSA) is 42.1 Å². The van der Waals surface area contributed by atoms with E-state index >= 15 is 0 Å². The van der Waals surface area contributed by atoms with Crippen LogP contribution in [0.1, 0.15) is 27.9 Å². The fourth-order valence-corrected chi connectivity index (χ4v) is 2.67. The molecule has 0 unspecified atom stereocenters. The minimum Gasteiger partial charge on any atom is -0.462 e. The molecule has 2 aromatic heterocycles. The van der Waals surface area contributed by atoms with Crippen LogP contribution < -0.4 is 0 Å². The van der Waals surface area contributed by atoms with Gasteiger partial charge >= 0.3 is 5.97 Å². The maximum atomic E-state index is 11.7. The van der Waals surface area contributed by atoms with E-state index in [-0.39, 0.29) is 5.97 Å². The van der Waals surface area contributed by atoms with Gasteiger partial charge in [-0.1, -0.05) is 0 Å². The predicted octanol–water partition coefficient (Wildman–Crippen LogP) is 3.02.